The summed E-state index contributed by atoms with van der Waals surface area (Å²) in [5.41, 5.74) is 3.43. The zero-order valence-corrected chi connectivity index (χ0v) is 18.5. The Kier molecular flexibility index (Phi) is 6.57. The minimum Gasteiger partial charge on any atom is -0.494 e. The molecule has 1 saturated heterocycles. The van der Waals surface area contributed by atoms with Gasteiger partial charge in [-0.2, -0.15) is 10.4 Å². The highest BCUT2D eigenvalue weighted by molar-refractivity contribution is 5.91. The van der Waals surface area contributed by atoms with Gasteiger partial charge in [-0.25, -0.2) is 4.52 Å². The second-order valence-corrected chi connectivity index (χ2v) is 7.93. The number of carbonyl (C=O) groups is 1. The number of benzene rings is 1. The van der Waals surface area contributed by atoms with Gasteiger partial charge in [-0.1, -0.05) is 0 Å². The Balaban J connectivity index is 1.77. The van der Waals surface area contributed by atoms with E-state index in [9.17, 15) is 10.1 Å². The van der Waals surface area contributed by atoms with Crippen molar-refractivity contribution in [2.45, 2.75) is 26.7 Å². The molecule has 166 valence electrons. The van der Waals surface area contributed by atoms with Crippen LogP contribution < -0.4 is 20.3 Å². The van der Waals surface area contributed by atoms with Crippen molar-refractivity contribution in [1.82, 2.24) is 14.9 Å². The second kappa shape index (κ2) is 9.71. The van der Waals surface area contributed by atoms with Crippen LogP contribution in [0.3, 0.4) is 0 Å². The minimum atomic E-state index is 0.493. The van der Waals surface area contributed by atoms with Crippen molar-refractivity contribution in [3.05, 3.63) is 47.7 Å². The standard InChI is InChI=1S/C24H28N6O2/c1-3-32-20-8-6-19(7-9-20)29(16-31)24-17(2)23(27-15-18-5-4-11-26-14-18)21(13-25)22-10-12-28-30(22)24/h6-10,12,16,18,26-27H,3-5,11,14-15H2,1-2H3. The highest BCUT2D eigenvalue weighted by atomic mass is 16.5. The van der Waals surface area contributed by atoms with Crippen LogP contribution in [0.2, 0.25) is 0 Å². The lowest BCUT2D eigenvalue weighted by Crippen LogP contribution is -2.33. The number of ether oxygens (including phenoxy) is 1. The number of amides is 1. The first-order valence-corrected chi connectivity index (χ1v) is 11.0. The highest BCUT2D eigenvalue weighted by Crippen LogP contribution is 2.36. The molecule has 1 unspecified atom stereocenters. The van der Waals surface area contributed by atoms with Crippen molar-refractivity contribution in [3.63, 3.8) is 0 Å². The molecule has 1 aliphatic heterocycles. The summed E-state index contributed by atoms with van der Waals surface area (Å²) in [7, 11) is 0. The van der Waals surface area contributed by atoms with Crippen molar-refractivity contribution < 1.29 is 9.53 Å². The summed E-state index contributed by atoms with van der Waals surface area (Å²) >= 11 is 0. The number of piperidine rings is 1. The van der Waals surface area contributed by atoms with Gasteiger partial charge in [-0.15, -0.1) is 0 Å². The van der Waals surface area contributed by atoms with Crippen LogP contribution in [-0.2, 0) is 4.79 Å². The molecule has 1 atom stereocenters. The third kappa shape index (κ3) is 4.12. The van der Waals surface area contributed by atoms with Crippen LogP contribution in [0.15, 0.2) is 36.5 Å². The lowest BCUT2D eigenvalue weighted by Gasteiger charge is -2.26. The van der Waals surface area contributed by atoms with Crippen LogP contribution >= 0.6 is 0 Å². The molecule has 8 heteroatoms. The summed E-state index contributed by atoms with van der Waals surface area (Å²) in [6.45, 7) is 7.20. The van der Waals surface area contributed by atoms with Gasteiger partial charge in [0.2, 0.25) is 6.41 Å². The fourth-order valence-corrected chi connectivity index (χ4v) is 4.31. The molecule has 1 aliphatic rings. The van der Waals surface area contributed by atoms with Crippen LogP contribution in [0.4, 0.5) is 17.2 Å². The molecule has 0 saturated carbocycles. The molecular weight excluding hydrogens is 404 g/mol. The molecule has 0 aliphatic carbocycles. The topological polar surface area (TPSA) is 94.7 Å². The summed E-state index contributed by atoms with van der Waals surface area (Å²) in [5.74, 6) is 1.84. The van der Waals surface area contributed by atoms with Crippen LogP contribution in [0.25, 0.3) is 5.52 Å². The van der Waals surface area contributed by atoms with E-state index in [2.05, 4.69) is 21.8 Å². The Hall–Kier alpha value is -3.57. The molecule has 32 heavy (non-hydrogen) atoms. The van der Waals surface area contributed by atoms with Gasteiger partial charge in [-0.05, 0) is 76.0 Å². The zero-order valence-electron chi connectivity index (χ0n) is 18.5. The first-order valence-electron chi connectivity index (χ1n) is 11.0. The van der Waals surface area contributed by atoms with Crippen molar-refractivity contribution >= 4 is 29.1 Å². The number of carbonyl (C=O) groups excluding carboxylic acids is 1. The number of fused-ring (bicyclic) bond motifs is 1. The molecule has 1 fully saturated rings. The number of pyridine rings is 1. The monoisotopic (exact) mass is 432 g/mol. The van der Waals surface area contributed by atoms with E-state index in [1.807, 2.05) is 38.1 Å². The Morgan fingerprint density at radius 2 is 2.19 bits per heavy atom. The summed E-state index contributed by atoms with van der Waals surface area (Å²) in [6, 6.07) is 11.5. The van der Waals surface area contributed by atoms with Gasteiger partial charge in [0.15, 0.2) is 0 Å². The van der Waals surface area contributed by atoms with Crippen molar-refractivity contribution in [3.8, 4) is 11.8 Å². The van der Waals surface area contributed by atoms with Gasteiger partial charge in [0.1, 0.15) is 23.2 Å². The highest BCUT2D eigenvalue weighted by Gasteiger charge is 2.24. The average molecular weight is 433 g/mol. The van der Waals surface area contributed by atoms with Gasteiger partial charge < -0.3 is 15.4 Å². The lowest BCUT2D eigenvalue weighted by molar-refractivity contribution is -0.106. The average Bonchev–Trinajstić information content (AvgIpc) is 3.30. The molecule has 8 nitrogen and oxygen atoms in total. The van der Waals surface area contributed by atoms with E-state index >= 15 is 0 Å². The summed E-state index contributed by atoms with van der Waals surface area (Å²) < 4.78 is 7.18. The van der Waals surface area contributed by atoms with E-state index in [4.69, 9.17) is 4.74 Å². The maximum Gasteiger partial charge on any atom is 0.219 e. The Morgan fingerprint density at radius 3 is 2.84 bits per heavy atom. The number of hydrogen-bond donors (Lipinski definition) is 2. The number of nitriles is 1. The molecule has 0 bridgehead atoms. The quantitative estimate of drug-likeness (QED) is 0.528. The maximum atomic E-state index is 12.3. The van der Waals surface area contributed by atoms with E-state index in [1.165, 1.54) is 0 Å². The van der Waals surface area contributed by atoms with E-state index in [1.54, 1.807) is 21.7 Å². The predicted octanol–water partition coefficient (Wildman–Crippen LogP) is 3.62. The minimum absolute atomic E-state index is 0.493. The number of nitrogens with one attached hydrogen (secondary N) is 2. The SMILES string of the molecule is CCOc1ccc(N(C=O)c2c(C)c(NCC3CCCNC3)c(C#N)c3ccnn23)cc1. The fraction of sp³-hybridized carbons (Fsp3) is 0.375. The van der Waals surface area contributed by atoms with E-state index < -0.39 is 0 Å². The van der Waals surface area contributed by atoms with E-state index in [0.717, 1.165) is 55.9 Å². The molecule has 1 aromatic carbocycles. The molecule has 0 radical (unpaired) electrons. The van der Waals surface area contributed by atoms with Gasteiger partial charge in [0.05, 0.1) is 29.7 Å². The summed E-state index contributed by atoms with van der Waals surface area (Å²) in [6.07, 6.45) is 4.73. The number of hydrogen-bond acceptors (Lipinski definition) is 6. The first kappa shape index (κ1) is 21.7. The largest absolute Gasteiger partial charge is 0.494 e. The Bertz CT molecular complexity index is 1130. The van der Waals surface area contributed by atoms with Crippen molar-refractivity contribution in [2.24, 2.45) is 5.92 Å². The fourth-order valence-electron chi connectivity index (χ4n) is 4.31. The van der Waals surface area contributed by atoms with Crippen LogP contribution in [0, 0.1) is 24.2 Å². The molecule has 2 aromatic heterocycles. The lowest BCUT2D eigenvalue weighted by atomic mass is 9.99. The predicted molar refractivity (Wildman–Crippen MR) is 125 cm³/mol. The molecule has 4 rings (SSSR count). The molecule has 3 aromatic rings. The number of aromatic nitrogens is 2. The van der Waals surface area contributed by atoms with Gasteiger partial charge in [-0.3, -0.25) is 9.69 Å². The van der Waals surface area contributed by atoms with E-state index in [-0.39, 0.29) is 0 Å². The van der Waals surface area contributed by atoms with Crippen molar-refractivity contribution in [1.29, 1.82) is 5.26 Å². The summed E-state index contributed by atoms with van der Waals surface area (Å²) in [5, 5.41) is 21.3. The summed E-state index contributed by atoms with van der Waals surface area (Å²) in [4.78, 5) is 13.8. The third-order valence-electron chi connectivity index (χ3n) is 5.90. The van der Waals surface area contributed by atoms with Gasteiger partial charge in [0, 0.05) is 12.1 Å². The molecule has 2 N–H and O–H groups in total. The zero-order chi connectivity index (χ0) is 22.5. The van der Waals surface area contributed by atoms with Crippen LogP contribution in [0.1, 0.15) is 30.9 Å². The van der Waals surface area contributed by atoms with Gasteiger partial charge >= 0.3 is 0 Å². The van der Waals surface area contributed by atoms with Gasteiger partial charge in [0.25, 0.3) is 0 Å². The first-order chi connectivity index (χ1) is 15.7. The number of anilines is 3. The molecule has 0 spiro atoms. The Morgan fingerprint density at radius 1 is 1.38 bits per heavy atom. The third-order valence-corrected chi connectivity index (χ3v) is 5.90. The van der Waals surface area contributed by atoms with Crippen LogP contribution in [0.5, 0.6) is 5.75 Å². The second-order valence-electron chi connectivity index (χ2n) is 7.93. The molecule has 1 amide bonds. The van der Waals surface area contributed by atoms with Crippen LogP contribution in [-0.4, -0.2) is 42.3 Å². The van der Waals surface area contributed by atoms with Crippen molar-refractivity contribution in [2.75, 3.05) is 36.5 Å². The normalized spacial score (nSPS) is 15.8. The Labute approximate surface area is 187 Å². The maximum absolute atomic E-state index is 12.3. The number of rotatable bonds is 8. The number of nitrogens with zero attached hydrogens (tertiary/aromatic N) is 4. The van der Waals surface area contributed by atoms with E-state index in [0.29, 0.717) is 35.1 Å². The molecular formula is C24H28N6O2. The smallest absolute Gasteiger partial charge is 0.219 e. The molecule has 3 heterocycles.